The highest BCUT2D eigenvalue weighted by Crippen LogP contribution is 2.67. The van der Waals surface area contributed by atoms with Gasteiger partial charge < -0.3 is 24.8 Å². The van der Waals surface area contributed by atoms with E-state index in [0.29, 0.717) is 18.8 Å². The number of ketones is 1. The second-order valence-electron chi connectivity index (χ2n) is 13.2. The smallest absolute Gasteiger partial charge is 0.320 e. The van der Waals surface area contributed by atoms with Crippen LogP contribution in [0.4, 0.5) is 0 Å². The number of aliphatic hydroxyl groups is 3. The van der Waals surface area contributed by atoms with E-state index in [1.54, 1.807) is 13.8 Å². The summed E-state index contributed by atoms with van der Waals surface area (Å²) in [5, 5.41) is 35.7. The Kier molecular flexibility index (Phi) is 6.83. The Hall–Kier alpha value is -1.32. The highest BCUT2D eigenvalue weighted by Gasteiger charge is 2.81. The maximum atomic E-state index is 13.9. The van der Waals surface area contributed by atoms with Crippen molar-refractivity contribution in [3.05, 3.63) is 12.7 Å². The van der Waals surface area contributed by atoms with Crippen LogP contribution < -0.4 is 0 Å². The zero-order valence-electron chi connectivity index (χ0n) is 22.7. The number of aliphatic hydroxyl groups excluding tert-OH is 2. The van der Waals surface area contributed by atoms with Gasteiger partial charge >= 0.3 is 5.97 Å². The average molecular weight is 508 g/mol. The standard InChI is InChI=1S/C28H45NO7/c1-8-25(5)15-19(31)28(34)26(6)18(30)9-12-24(3,4)22(26)21(33)23(27(28,7)36-25)35-20(32)16-29-13-10-17(2)11-14-29/h8,17-18,21-23,30,33-34H,1,9-16H2,2-7H3/t18-,21?,22?,23?,25-,26?,27+,28-/m0/s1. The van der Waals surface area contributed by atoms with E-state index in [-0.39, 0.29) is 13.0 Å². The van der Waals surface area contributed by atoms with Gasteiger partial charge in [0.1, 0.15) is 5.60 Å². The zero-order chi connectivity index (χ0) is 26.9. The number of hydrogen-bond acceptors (Lipinski definition) is 8. The van der Waals surface area contributed by atoms with Crippen molar-refractivity contribution in [3.63, 3.8) is 0 Å². The van der Waals surface area contributed by atoms with Crippen molar-refractivity contribution in [1.82, 2.24) is 4.90 Å². The Bertz CT molecular complexity index is 914. The quantitative estimate of drug-likeness (QED) is 0.392. The molecule has 0 aromatic heterocycles. The molecule has 2 saturated carbocycles. The van der Waals surface area contributed by atoms with Gasteiger partial charge in [-0.1, -0.05) is 33.8 Å². The highest BCUT2D eigenvalue weighted by molar-refractivity contribution is 5.92. The molecule has 204 valence electrons. The molecule has 0 radical (unpaired) electrons. The molecule has 0 aromatic rings. The molecule has 0 aromatic carbocycles. The van der Waals surface area contributed by atoms with Crippen LogP contribution >= 0.6 is 0 Å². The Morgan fingerprint density at radius 3 is 2.36 bits per heavy atom. The minimum Gasteiger partial charge on any atom is -0.455 e. The number of ether oxygens (including phenoxy) is 2. The zero-order valence-corrected chi connectivity index (χ0v) is 22.7. The number of fused-ring (bicyclic) bond motifs is 3. The van der Waals surface area contributed by atoms with Crippen LogP contribution in [0.2, 0.25) is 0 Å². The lowest BCUT2D eigenvalue weighted by molar-refractivity contribution is -0.370. The van der Waals surface area contributed by atoms with Gasteiger partial charge in [-0.25, -0.2) is 0 Å². The summed E-state index contributed by atoms with van der Waals surface area (Å²) in [5.74, 6) is -1.14. The topological polar surface area (TPSA) is 117 Å². The van der Waals surface area contributed by atoms with Crippen LogP contribution in [0.25, 0.3) is 0 Å². The van der Waals surface area contributed by atoms with E-state index in [2.05, 4.69) is 13.5 Å². The molecule has 8 atom stereocenters. The molecule has 4 aliphatic rings. The molecule has 0 bridgehead atoms. The summed E-state index contributed by atoms with van der Waals surface area (Å²) in [5.41, 5.74) is -7.11. The second kappa shape index (κ2) is 8.87. The SMILES string of the molecule is C=C[C@@]1(C)CC(=O)[C@]2(O)C3(C)C(C(O)C(OC(=O)CN4CCC(C)CC4)[C@@]2(C)O1)C(C)(C)CC[C@@H]3O. The van der Waals surface area contributed by atoms with Gasteiger partial charge in [-0.2, -0.15) is 0 Å². The molecule has 2 aliphatic heterocycles. The number of piperidine rings is 1. The van der Waals surface area contributed by atoms with E-state index in [0.717, 1.165) is 25.9 Å². The Labute approximate surface area is 215 Å². The second-order valence-corrected chi connectivity index (χ2v) is 13.2. The van der Waals surface area contributed by atoms with Crippen LogP contribution in [0.3, 0.4) is 0 Å². The van der Waals surface area contributed by atoms with Crippen molar-refractivity contribution in [2.24, 2.45) is 22.7 Å². The first kappa shape index (κ1) is 27.7. The van der Waals surface area contributed by atoms with E-state index in [1.165, 1.54) is 13.0 Å². The maximum Gasteiger partial charge on any atom is 0.320 e. The van der Waals surface area contributed by atoms with E-state index >= 15 is 0 Å². The number of hydrogen-bond donors (Lipinski definition) is 3. The summed E-state index contributed by atoms with van der Waals surface area (Å²) >= 11 is 0. The van der Waals surface area contributed by atoms with Crippen molar-refractivity contribution >= 4 is 11.8 Å². The monoisotopic (exact) mass is 507 g/mol. The third-order valence-electron chi connectivity index (χ3n) is 10.2. The fourth-order valence-corrected chi connectivity index (χ4v) is 8.06. The molecule has 3 N–H and O–H groups in total. The summed E-state index contributed by atoms with van der Waals surface area (Å²) < 4.78 is 12.5. The van der Waals surface area contributed by atoms with Gasteiger partial charge in [-0.15, -0.1) is 6.58 Å². The normalized spacial score (nSPS) is 47.5. The lowest BCUT2D eigenvalue weighted by atomic mass is 9.40. The molecular formula is C28H45NO7. The third kappa shape index (κ3) is 3.82. The predicted molar refractivity (Wildman–Crippen MR) is 134 cm³/mol. The number of rotatable bonds is 4. The van der Waals surface area contributed by atoms with Crippen molar-refractivity contribution in [2.75, 3.05) is 19.6 Å². The Balaban J connectivity index is 1.78. The molecule has 2 saturated heterocycles. The number of esters is 1. The van der Waals surface area contributed by atoms with E-state index in [9.17, 15) is 24.9 Å². The molecule has 4 fully saturated rings. The van der Waals surface area contributed by atoms with E-state index in [4.69, 9.17) is 9.47 Å². The van der Waals surface area contributed by atoms with Crippen molar-refractivity contribution < 1.29 is 34.4 Å². The average Bonchev–Trinajstić information content (AvgIpc) is 2.79. The largest absolute Gasteiger partial charge is 0.455 e. The van der Waals surface area contributed by atoms with E-state index < -0.39 is 63.6 Å². The minimum atomic E-state index is -2.20. The van der Waals surface area contributed by atoms with Gasteiger partial charge in [0, 0.05) is 17.8 Å². The molecule has 8 nitrogen and oxygen atoms in total. The fourth-order valence-electron chi connectivity index (χ4n) is 8.06. The number of Topliss-reactive ketones (excluding diaryl/α,β-unsaturated/α-hetero) is 1. The van der Waals surface area contributed by atoms with Crippen LogP contribution in [0, 0.1) is 22.7 Å². The Morgan fingerprint density at radius 2 is 1.78 bits per heavy atom. The van der Waals surface area contributed by atoms with Gasteiger partial charge in [0.05, 0.1) is 24.4 Å². The number of carbonyl (C=O) groups is 2. The first-order valence-corrected chi connectivity index (χ1v) is 13.4. The first-order valence-electron chi connectivity index (χ1n) is 13.4. The molecule has 2 aliphatic carbocycles. The van der Waals surface area contributed by atoms with Crippen LogP contribution in [-0.4, -0.2) is 86.7 Å². The van der Waals surface area contributed by atoms with Gasteiger partial charge in [-0.05, 0) is 64.0 Å². The molecule has 4 unspecified atom stereocenters. The summed E-state index contributed by atoms with van der Waals surface area (Å²) in [4.78, 5) is 29.2. The molecule has 8 heteroatoms. The summed E-state index contributed by atoms with van der Waals surface area (Å²) in [6.07, 6.45) is 0.686. The summed E-state index contributed by atoms with van der Waals surface area (Å²) in [6.45, 7) is 16.5. The Morgan fingerprint density at radius 1 is 1.17 bits per heavy atom. The van der Waals surface area contributed by atoms with Gasteiger partial charge in [-0.3, -0.25) is 14.5 Å². The maximum absolute atomic E-state index is 13.9. The lowest BCUT2D eigenvalue weighted by Gasteiger charge is -2.71. The van der Waals surface area contributed by atoms with Crippen molar-refractivity contribution in [2.45, 2.75) is 109 Å². The lowest BCUT2D eigenvalue weighted by Crippen LogP contribution is -2.86. The van der Waals surface area contributed by atoms with Gasteiger partial charge in [0.2, 0.25) is 0 Å². The van der Waals surface area contributed by atoms with Crippen LogP contribution in [0.1, 0.15) is 73.6 Å². The summed E-state index contributed by atoms with van der Waals surface area (Å²) in [6, 6.07) is 0. The molecule has 0 spiro atoms. The van der Waals surface area contributed by atoms with Crippen molar-refractivity contribution in [1.29, 1.82) is 0 Å². The first-order chi connectivity index (χ1) is 16.6. The van der Waals surface area contributed by atoms with Gasteiger partial charge in [0.15, 0.2) is 17.5 Å². The summed E-state index contributed by atoms with van der Waals surface area (Å²) in [7, 11) is 0. The van der Waals surface area contributed by atoms with Crippen molar-refractivity contribution in [3.8, 4) is 0 Å². The molecular weight excluding hydrogens is 462 g/mol. The van der Waals surface area contributed by atoms with Gasteiger partial charge in [0.25, 0.3) is 0 Å². The van der Waals surface area contributed by atoms with Crippen LogP contribution in [0.5, 0.6) is 0 Å². The highest BCUT2D eigenvalue weighted by atomic mass is 16.6. The predicted octanol–water partition coefficient (Wildman–Crippen LogP) is 2.23. The fraction of sp³-hybridized carbons (Fsp3) is 0.857. The molecule has 36 heavy (non-hydrogen) atoms. The number of carbonyl (C=O) groups excluding carboxylic acids is 2. The van der Waals surface area contributed by atoms with Crippen LogP contribution in [-0.2, 0) is 19.1 Å². The number of likely N-dealkylation sites (tertiary alicyclic amines) is 1. The molecule has 0 amide bonds. The minimum absolute atomic E-state index is 0.0606. The molecule has 2 heterocycles. The van der Waals surface area contributed by atoms with Crippen LogP contribution in [0.15, 0.2) is 12.7 Å². The van der Waals surface area contributed by atoms with E-state index in [1.807, 2.05) is 18.7 Å². The number of nitrogens with zero attached hydrogens (tertiary/aromatic N) is 1. The molecule has 4 rings (SSSR count). The third-order valence-corrected chi connectivity index (χ3v) is 10.2.